The van der Waals surface area contributed by atoms with Crippen molar-refractivity contribution in [3.05, 3.63) is 41.7 Å². The Morgan fingerprint density at radius 2 is 1.88 bits per heavy atom. The van der Waals surface area contributed by atoms with E-state index in [0.29, 0.717) is 5.92 Å². The molecular formula is C15H23N. The van der Waals surface area contributed by atoms with Crippen molar-refractivity contribution in [2.75, 3.05) is 0 Å². The normalized spacial score (nSPS) is 10.4. The summed E-state index contributed by atoms with van der Waals surface area (Å²) in [5.41, 5.74) is 4.23. The number of pyridine rings is 1. The van der Waals surface area contributed by atoms with Gasteiger partial charge in [-0.15, -0.1) is 0 Å². The summed E-state index contributed by atoms with van der Waals surface area (Å²) >= 11 is 0. The van der Waals surface area contributed by atoms with Gasteiger partial charge >= 0.3 is 0 Å². The van der Waals surface area contributed by atoms with Gasteiger partial charge in [-0.3, -0.25) is 0 Å². The molecule has 0 aliphatic rings. The van der Waals surface area contributed by atoms with Gasteiger partial charge in [0.1, 0.15) is 0 Å². The van der Waals surface area contributed by atoms with Crippen LogP contribution in [0.5, 0.6) is 0 Å². The van der Waals surface area contributed by atoms with Gasteiger partial charge in [-0.1, -0.05) is 40.7 Å². The van der Waals surface area contributed by atoms with Gasteiger partial charge in [0.15, 0.2) is 0 Å². The largest absolute Gasteiger partial charge is 0.320 e. The quantitative estimate of drug-likeness (QED) is 0.689. The summed E-state index contributed by atoms with van der Waals surface area (Å²) < 4.78 is 2.31. The summed E-state index contributed by atoms with van der Waals surface area (Å²) in [6.07, 6.45) is 3.27. The van der Waals surface area contributed by atoms with Crippen molar-refractivity contribution >= 4 is 5.52 Å². The van der Waals surface area contributed by atoms with E-state index in [1.54, 1.807) is 0 Å². The Hall–Kier alpha value is -1.24. The molecule has 0 saturated carbocycles. The van der Waals surface area contributed by atoms with Gasteiger partial charge in [-0.2, -0.15) is 0 Å². The molecular weight excluding hydrogens is 194 g/mol. The van der Waals surface area contributed by atoms with Gasteiger partial charge < -0.3 is 4.40 Å². The van der Waals surface area contributed by atoms with Crippen LogP contribution in [-0.4, -0.2) is 4.40 Å². The minimum atomic E-state index is 0.588. The van der Waals surface area contributed by atoms with Crippen LogP contribution in [0.15, 0.2) is 30.5 Å². The van der Waals surface area contributed by atoms with E-state index < -0.39 is 0 Å². The summed E-state index contributed by atoms with van der Waals surface area (Å²) in [5, 5.41) is 0. The molecule has 0 radical (unpaired) electrons. The molecule has 0 bridgehead atoms. The van der Waals surface area contributed by atoms with Gasteiger partial charge in [-0.25, -0.2) is 0 Å². The van der Waals surface area contributed by atoms with Gasteiger partial charge in [0.25, 0.3) is 0 Å². The Labute approximate surface area is 99.1 Å². The van der Waals surface area contributed by atoms with E-state index in [-0.39, 0.29) is 0 Å². The van der Waals surface area contributed by atoms with Crippen molar-refractivity contribution < 1.29 is 0 Å². The van der Waals surface area contributed by atoms with Crippen LogP contribution in [0.3, 0.4) is 0 Å². The van der Waals surface area contributed by atoms with E-state index in [4.69, 9.17) is 0 Å². The van der Waals surface area contributed by atoms with Crippen LogP contribution in [0.4, 0.5) is 0 Å². The molecule has 2 aromatic heterocycles. The molecule has 0 N–H and O–H groups in total. The van der Waals surface area contributed by atoms with Crippen molar-refractivity contribution in [2.24, 2.45) is 0 Å². The third-order valence-electron chi connectivity index (χ3n) is 2.76. The smallest absolute Gasteiger partial charge is 0.0484 e. The van der Waals surface area contributed by atoms with Crippen molar-refractivity contribution in [1.29, 1.82) is 0 Å². The number of aromatic nitrogens is 1. The Morgan fingerprint density at radius 3 is 2.44 bits per heavy atom. The second-order valence-electron chi connectivity index (χ2n) is 4.06. The van der Waals surface area contributed by atoms with Gasteiger partial charge in [0, 0.05) is 17.4 Å². The molecule has 0 fully saturated rings. The molecule has 2 rings (SSSR count). The maximum absolute atomic E-state index is 2.33. The predicted octanol–water partition coefficient (Wildman–Crippen LogP) is 4.65. The number of hydrogen-bond acceptors (Lipinski definition) is 0. The Balaban J connectivity index is 0.000000606. The minimum Gasteiger partial charge on any atom is -0.320 e. The Morgan fingerprint density at radius 1 is 1.19 bits per heavy atom. The van der Waals surface area contributed by atoms with Gasteiger partial charge in [0.2, 0.25) is 0 Å². The van der Waals surface area contributed by atoms with Crippen molar-refractivity contribution in [3.63, 3.8) is 0 Å². The lowest BCUT2D eigenvalue weighted by molar-refractivity contribution is 0.809. The van der Waals surface area contributed by atoms with Crippen LogP contribution >= 0.6 is 0 Å². The van der Waals surface area contributed by atoms with E-state index in [2.05, 4.69) is 55.6 Å². The van der Waals surface area contributed by atoms with Gasteiger partial charge in [0.05, 0.1) is 0 Å². The fourth-order valence-corrected chi connectivity index (χ4v) is 1.98. The zero-order valence-electron chi connectivity index (χ0n) is 11.1. The summed E-state index contributed by atoms with van der Waals surface area (Å²) in [5.74, 6) is 0.588. The fraction of sp³-hybridized carbons (Fsp3) is 0.467. The molecule has 88 valence electrons. The van der Waals surface area contributed by atoms with Crippen LogP contribution in [-0.2, 0) is 6.42 Å². The first-order chi connectivity index (χ1) is 7.74. The number of rotatable bonds is 2. The lowest BCUT2D eigenvalue weighted by Gasteiger charge is -2.04. The average Bonchev–Trinajstić information content (AvgIpc) is 2.70. The van der Waals surface area contributed by atoms with Crippen LogP contribution in [0.1, 0.15) is 51.8 Å². The molecule has 0 aliphatic carbocycles. The van der Waals surface area contributed by atoms with Crippen LogP contribution < -0.4 is 0 Å². The molecule has 2 aromatic rings. The Kier molecular flexibility index (Phi) is 4.60. The molecule has 0 aromatic carbocycles. The highest BCUT2D eigenvalue weighted by Crippen LogP contribution is 2.23. The highest BCUT2D eigenvalue weighted by atomic mass is 14.9. The van der Waals surface area contributed by atoms with Crippen molar-refractivity contribution in [2.45, 2.75) is 47.0 Å². The molecule has 0 amide bonds. The first-order valence-electron chi connectivity index (χ1n) is 6.33. The third-order valence-corrected chi connectivity index (χ3v) is 2.76. The summed E-state index contributed by atoms with van der Waals surface area (Å²) in [6, 6.07) is 8.74. The lowest BCUT2D eigenvalue weighted by Crippen LogP contribution is -1.93. The monoisotopic (exact) mass is 217 g/mol. The number of hydrogen-bond donors (Lipinski definition) is 0. The van der Waals surface area contributed by atoms with Gasteiger partial charge in [-0.05, 0) is 36.1 Å². The molecule has 2 heterocycles. The summed E-state index contributed by atoms with van der Waals surface area (Å²) in [4.78, 5) is 0. The third kappa shape index (κ3) is 2.29. The molecule has 1 heteroatoms. The number of fused-ring (bicyclic) bond motifs is 1. The maximum atomic E-state index is 2.33. The number of aryl methyl sites for hydroxylation is 1. The lowest BCUT2D eigenvalue weighted by atomic mass is 10.1. The second kappa shape index (κ2) is 5.74. The van der Waals surface area contributed by atoms with E-state index in [0.717, 1.165) is 6.42 Å². The van der Waals surface area contributed by atoms with Crippen LogP contribution in [0.25, 0.3) is 5.52 Å². The molecule has 1 nitrogen and oxygen atoms in total. The highest BCUT2D eigenvalue weighted by molar-refractivity contribution is 5.58. The van der Waals surface area contributed by atoms with E-state index >= 15 is 0 Å². The molecule has 16 heavy (non-hydrogen) atoms. The standard InChI is InChI=1S/C13H17N.C2H6/c1-4-11-9-13(10(2)3)14-8-6-5-7-12(11)14;1-2/h5-10H,4H2,1-3H3;1-2H3. The van der Waals surface area contributed by atoms with Crippen LogP contribution in [0, 0.1) is 0 Å². The van der Waals surface area contributed by atoms with Crippen LogP contribution in [0.2, 0.25) is 0 Å². The average molecular weight is 217 g/mol. The predicted molar refractivity (Wildman–Crippen MR) is 72.2 cm³/mol. The SMILES string of the molecule is CC.CCc1cc(C(C)C)n2ccccc12. The van der Waals surface area contributed by atoms with Crippen molar-refractivity contribution in [3.8, 4) is 0 Å². The topological polar surface area (TPSA) is 4.41 Å². The van der Waals surface area contributed by atoms with E-state index in [1.807, 2.05) is 13.8 Å². The van der Waals surface area contributed by atoms with E-state index in [1.165, 1.54) is 16.8 Å². The number of nitrogens with zero attached hydrogens (tertiary/aromatic N) is 1. The zero-order valence-corrected chi connectivity index (χ0v) is 11.1. The highest BCUT2D eigenvalue weighted by Gasteiger charge is 2.09. The molecule has 0 unspecified atom stereocenters. The molecule has 0 spiro atoms. The first kappa shape index (κ1) is 12.8. The fourth-order valence-electron chi connectivity index (χ4n) is 1.98. The molecule has 0 atom stereocenters. The van der Waals surface area contributed by atoms with Crippen molar-refractivity contribution in [1.82, 2.24) is 4.40 Å². The minimum absolute atomic E-state index is 0.588. The summed E-state index contributed by atoms with van der Waals surface area (Å²) in [7, 11) is 0. The Bertz CT molecular complexity index is 438. The molecule has 0 aliphatic heterocycles. The first-order valence-corrected chi connectivity index (χ1v) is 6.33. The maximum Gasteiger partial charge on any atom is 0.0484 e. The summed E-state index contributed by atoms with van der Waals surface area (Å²) in [6.45, 7) is 10.7. The van der Waals surface area contributed by atoms with E-state index in [9.17, 15) is 0 Å². The molecule has 0 saturated heterocycles. The zero-order chi connectivity index (χ0) is 12.1. The second-order valence-corrected chi connectivity index (χ2v) is 4.06.